The molecule has 1 aromatic heterocycles. The van der Waals surface area contributed by atoms with E-state index < -0.39 is 0 Å². The van der Waals surface area contributed by atoms with Crippen LogP contribution >= 0.6 is 15.9 Å². The quantitative estimate of drug-likeness (QED) is 0.863. The standard InChI is InChI=1S/C16H22BrN3O/c1-11(18-4)16-12(2)19-20(13(16)3)9-10-21-15-7-5-14(17)6-8-15/h5-8,11,18H,9-10H2,1-4H3. The van der Waals surface area contributed by atoms with Crippen LogP contribution in [0.25, 0.3) is 0 Å². The maximum absolute atomic E-state index is 5.76. The zero-order valence-corrected chi connectivity index (χ0v) is 14.6. The largest absolute Gasteiger partial charge is 0.492 e. The number of aromatic nitrogens is 2. The normalized spacial score (nSPS) is 12.4. The van der Waals surface area contributed by atoms with E-state index in [1.807, 2.05) is 36.0 Å². The van der Waals surface area contributed by atoms with Gasteiger partial charge in [-0.2, -0.15) is 5.10 Å². The summed E-state index contributed by atoms with van der Waals surface area (Å²) in [6.07, 6.45) is 0. The van der Waals surface area contributed by atoms with E-state index >= 15 is 0 Å². The minimum atomic E-state index is 0.311. The lowest BCUT2D eigenvalue weighted by molar-refractivity contribution is 0.289. The van der Waals surface area contributed by atoms with Gasteiger partial charge >= 0.3 is 0 Å². The van der Waals surface area contributed by atoms with Crippen molar-refractivity contribution in [3.8, 4) is 5.75 Å². The van der Waals surface area contributed by atoms with Crippen LogP contribution in [0.4, 0.5) is 0 Å². The molecule has 0 aliphatic heterocycles. The number of nitrogens with one attached hydrogen (secondary N) is 1. The lowest BCUT2D eigenvalue weighted by Gasteiger charge is -2.11. The fraction of sp³-hybridized carbons (Fsp3) is 0.438. The fourth-order valence-electron chi connectivity index (χ4n) is 2.48. The lowest BCUT2D eigenvalue weighted by atomic mass is 10.1. The zero-order chi connectivity index (χ0) is 15.4. The number of hydrogen-bond donors (Lipinski definition) is 1. The van der Waals surface area contributed by atoms with Crippen molar-refractivity contribution in [1.29, 1.82) is 0 Å². The second-order valence-corrected chi connectivity index (χ2v) is 6.04. The van der Waals surface area contributed by atoms with Crippen molar-refractivity contribution in [2.45, 2.75) is 33.4 Å². The Bertz CT molecular complexity index is 592. The first-order chi connectivity index (χ1) is 10.0. The van der Waals surface area contributed by atoms with Gasteiger partial charge in [0.15, 0.2) is 0 Å². The number of benzene rings is 1. The Labute approximate surface area is 134 Å². The predicted octanol–water partition coefficient (Wildman–Crippen LogP) is 3.62. The first-order valence-corrected chi connectivity index (χ1v) is 7.91. The van der Waals surface area contributed by atoms with Gasteiger partial charge in [0.05, 0.1) is 12.2 Å². The molecule has 5 heteroatoms. The highest BCUT2D eigenvalue weighted by atomic mass is 79.9. The Kier molecular flexibility index (Phi) is 5.42. The van der Waals surface area contributed by atoms with Crippen LogP contribution in [-0.2, 0) is 6.54 Å². The molecule has 0 bridgehead atoms. The van der Waals surface area contributed by atoms with Gasteiger partial charge in [-0.25, -0.2) is 0 Å². The minimum absolute atomic E-state index is 0.311. The lowest BCUT2D eigenvalue weighted by Crippen LogP contribution is -2.15. The van der Waals surface area contributed by atoms with Crippen molar-refractivity contribution in [3.05, 3.63) is 45.7 Å². The first kappa shape index (κ1) is 16.0. The van der Waals surface area contributed by atoms with E-state index in [0.717, 1.165) is 22.5 Å². The summed E-state index contributed by atoms with van der Waals surface area (Å²) in [4.78, 5) is 0. The molecule has 2 aromatic rings. The highest BCUT2D eigenvalue weighted by Crippen LogP contribution is 2.21. The van der Waals surface area contributed by atoms with Gasteiger partial charge in [0.1, 0.15) is 12.4 Å². The van der Waals surface area contributed by atoms with Crippen LogP contribution in [-0.4, -0.2) is 23.4 Å². The van der Waals surface area contributed by atoms with E-state index in [1.165, 1.54) is 11.3 Å². The molecule has 0 aliphatic rings. The third kappa shape index (κ3) is 3.86. The number of rotatable bonds is 6. The van der Waals surface area contributed by atoms with Crippen LogP contribution in [0.2, 0.25) is 0 Å². The van der Waals surface area contributed by atoms with Crippen molar-refractivity contribution < 1.29 is 4.74 Å². The SMILES string of the molecule is CNC(C)c1c(C)nn(CCOc2ccc(Br)cc2)c1C. The van der Waals surface area contributed by atoms with Crippen LogP contribution in [0.15, 0.2) is 28.7 Å². The molecule has 0 fully saturated rings. The Morgan fingerprint density at radius 2 is 1.95 bits per heavy atom. The van der Waals surface area contributed by atoms with Gasteiger partial charge in [0, 0.05) is 21.8 Å². The van der Waals surface area contributed by atoms with E-state index in [2.05, 4.69) is 47.1 Å². The molecule has 1 unspecified atom stereocenters. The van der Waals surface area contributed by atoms with Crippen LogP contribution in [0, 0.1) is 13.8 Å². The van der Waals surface area contributed by atoms with E-state index in [-0.39, 0.29) is 0 Å². The maximum Gasteiger partial charge on any atom is 0.119 e. The summed E-state index contributed by atoms with van der Waals surface area (Å²) in [6.45, 7) is 7.68. The van der Waals surface area contributed by atoms with Gasteiger partial charge < -0.3 is 10.1 Å². The van der Waals surface area contributed by atoms with Crippen molar-refractivity contribution in [3.63, 3.8) is 0 Å². The molecule has 0 radical (unpaired) electrons. The molecule has 0 aliphatic carbocycles. The van der Waals surface area contributed by atoms with Crippen molar-refractivity contribution in [2.24, 2.45) is 0 Å². The molecule has 1 N–H and O–H groups in total. The average molecular weight is 352 g/mol. The second-order valence-electron chi connectivity index (χ2n) is 5.12. The van der Waals surface area contributed by atoms with Crippen molar-refractivity contribution >= 4 is 15.9 Å². The molecule has 0 saturated heterocycles. The van der Waals surface area contributed by atoms with Crippen molar-refractivity contribution in [2.75, 3.05) is 13.7 Å². The third-order valence-corrected chi connectivity index (χ3v) is 4.22. The molecular weight excluding hydrogens is 330 g/mol. The van der Waals surface area contributed by atoms with E-state index in [1.54, 1.807) is 0 Å². The van der Waals surface area contributed by atoms with Crippen LogP contribution in [0.3, 0.4) is 0 Å². The predicted molar refractivity (Wildman–Crippen MR) is 88.8 cm³/mol. The zero-order valence-electron chi connectivity index (χ0n) is 13.0. The van der Waals surface area contributed by atoms with Crippen LogP contribution in [0.5, 0.6) is 5.75 Å². The molecule has 0 amide bonds. The van der Waals surface area contributed by atoms with Crippen LogP contribution in [0.1, 0.15) is 29.9 Å². The number of halogens is 1. The number of nitrogens with zero attached hydrogens (tertiary/aromatic N) is 2. The van der Waals surface area contributed by atoms with E-state index in [0.29, 0.717) is 12.6 Å². The van der Waals surface area contributed by atoms with E-state index in [4.69, 9.17) is 4.74 Å². The summed E-state index contributed by atoms with van der Waals surface area (Å²) in [5, 5.41) is 7.89. The van der Waals surface area contributed by atoms with Gasteiger partial charge in [-0.1, -0.05) is 15.9 Å². The Balaban J connectivity index is 1.99. The highest BCUT2D eigenvalue weighted by molar-refractivity contribution is 9.10. The summed E-state index contributed by atoms with van der Waals surface area (Å²) < 4.78 is 8.84. The number of ether oxygens (including phenoxy) is 1. The molecule has 2 rings (SSSR count). The monoisotopic (exact) mass is 351 g/mol. The average Bonchev–Trinajstić information content (AvgIpc) is 2.75. The molecule has 1 aromatic carbocycles. The van der Waals surface area contributed by atoms with Crippen LogP contribution < -0.4 is 10.1 Å². The summed E-state index contributed by atoms with van der Waals surface area (Å²) in [6, 6.07) is 8.18. The minimum Gasteiger partial charge on any atom is -0.492 e. The van der Waals surface area contributed by atoms with Gasteiger partial charge in [-0.15, -0.1) is 0 Å². The van der Waals surface area contributed by atoms with Crippen molar-refractivity contribution in [1.82, 2.24) is 15.1 Å². The van der Waals surface area contributed by atoms with Gasteiger partial charge in [0.2, 0.25) is 0 Å². The molecule has 21 heavy (non-hydrogen) atoms. The Hall–Kier alpha value is -1.33. The third-order valence-electron chi connectivity index (χ3n) is 3.69. The van der Waals surface area contributed by atoms with Gasteiger partial charge in [-0.05, 0) is 52.1 Å². The topological polar surface area (TPSA) is 39.1 Å². The number of aryl methyl sites for hydroxylation is 1. The fourth-order valence-corrected chi connectivity index (χ4v) is 2.74. The Morgan fingerprint density at radius 1 is 1.29 bits per heavy atom. The molecule has 0 spiro atoms. The summed E-state index contributed by atoms with van der Waals surface area (Å²) in [5.74, 6) is 0.878. The molecular formula is C16H22BrN3O. The second kappa shape index (κ2) is 7.09. The highest BCUT2D eigenvalue weighted by Gasteiger charge is 2.15. The number of hydrogen-bond acceptors (Lipinski definition) is 3. The summed E-state index contributed by atoms with van der Waals surface area (Å²) in [5.41, 5.74) is 3.56. The van der Waals surface area contributed by atoms with Gasteiger partial charge in [0.25, 0.3) is 0 Å². The summed E-state index contributed by atoms with van der Waals surface area (Å²) >= 11 is 3.42. The molecule has 114 valence electrons. The molecule has 4 nitrogen and oxygen atoms in total. The molecule has 0 saturated carbocycles. The smallest absolute Gasteiger partial charge is 0.119 e. The maximum atomic E-state index is 5.76. The Morgan fingerprint density at radius 3 is 2.57 bits per heavy atom. The van der Waals surface area contributed by atoms with E-state index in [9.17, 15) is 0 Å². The first-order valence-electron chi connectivity index (χ1n) is 7.12. The summed E-state index contributed by atoms with van der Waals surface area (Å²) in [7, 11) is 1.97. The molecule has 1 heterocycles. The van der Waals surface area contributed by atoms with Gasteiger partial charge in [-0.3, -0.25) is 4.68 Å². The molecule has 1 atom stereocenters.